The van der Waals surface area contributed by atoms with Crippen molar-refractivity contribution in [3.8, 4) is 5.69 Å². The summed E-state index contributed by atoms with van der Waals surface area (Å²) in [7, 11) is -3.68. The third-order valence-electron chi connectivity index (χ3n) is 5.15. The topological polar surface area (TPSA) is 84.3 Å². The fraction of sp³-hybridized carbons (Fsp3) is 0.524. The fourth-order valence-corrected chi connectivity index (χ4v) is 5.61. The summed E-state index contributed by atoms with van der Waals surface area (Å²) in [6, 6.07) is 9.50. The van der Waals surface area contributed by atoms with Gasteiger partial charge in [-0.05, 0) is 59.6 Å². The van der Waals surface area contributed by atoms with E-state index in [4.69, 9.17) is 0 Å². The minimum atomic E-state index is -3.68. The van der Waals surface area contributed by atoms with Gasteiger partial charge in [-0.1, -0.05) is 18.2 Å². The number of nitrogens with one attached hydrogen (secondary N) is 1. The second-order valence-corrected chi connectivity index (χ2v) is 10.5. The molecule has 0 aliphatic carbocycles. The van der Waals surface area contributed by atoms with Crippen LogP contribution in [0.15, 0.2) is 35.2 Å². The van der Waals surface area contributed by atoms with Gasteiger partial charge < -0.3 is 5.32 Å². The lowest BCUT2D eigenvalue weighted by molar-refractivity contribution is -0.127. The number of rotatable bonds is 4. The SMILES string of the molecule is Cc1nn(-c2ccccc2)c(C)c1S(=O)(=O)N1CCC(C(=O)NC(C)(C)C)CC1. The summed E-state index contributed by atoms with van der Waals surface area (Å²) >= 11 is 0. The molecular weight excluding hydrogens is 388 g/mol. The number of hydrogen-bond acceptors (Lipinski definition) is 4. The van der Waals surface area contributed by atoms with Gasteiger partial charge in [-0.15, -0.1) is 0 Å². The van der Waals surface area contributed by atoms with E-state index < -0.39 is 10.0 Å². The minimum Gasteiger partial charge on any atom is -0.351 e. The zero-order valence-corrected chi connectivity index (χ0v) is 18.6. The molecule has 158 valence electrons. The van der Waals surface area contributed by atoms with Crippen LogP contribution in [0.2, 0.25) is 0 Å². The van der Waals surface area contributed by atoms with Crippen LogP contribution in [0.25, 0.3) is 5.69 Å². The van der Waals surface area contributed by atoms with Crippen LogP contribution in [0.1, 0.15) is 45.0 Å². The molecule has 7 nitrogen and oxygen atoms in total. The Bertz CT molecular complexity index is 983. The molecule has 29 heavy (non-hydrogen) atoms. The average Bonchev–Trinajstić information content (AvgIpc) is 2.96. The molecule has 1 aliphatic heterocycles. The molecule has 1 aromatic carbocycles. The van der Waals surface area contributed by atoms with Crippen LogP contribution >= 0.6 is 0 Å². The summed E-state index contributed by atoms with van der Waals surface area (Å²) in [6.07, 6.45) is 1.04. The van der Waals surface area contributed by atoms with Gasteiger partial charge >= 0.3 is 0 Å². The summed E-state index contributed by atoms with van der Waals surface area (Å²) in [5.74, 6) is -0.159. The molecule has 1 N–H and O–H groups in total. The Balaban J connectivity index is 1.79. The second kappa shape index (κ2) is 7.91. The highest BCUT2D eigenvalue weighted by atomic mass is 32.2. The smallest absolute Gasteiger partial charge is 0.246 e. The molecule has 1 fully saturated rings. The van der Waals surface area contributed by atoms with Crippen molar-refractivity contribution >= 4 is 15.9 Å². The Morgan fingerprint density at radius 3 is 2.24 bits per heavy atom. The highest BCUT2D eigenvalue weighted by Crippen LogP contribution is 2.29. The standard InChI is InChI=1S/C21H30N4O3S/c1-15-19(16(2)25(23-15)18-9-7-6-8-10-18)29(27,28)24-13-11-17(12-14-24)20(26)22-21(3,4)5/h6-10,17H,11-14H2,1-5H3,(H,22,26). The predicted octanol–water partition coefficient (Wildman–Crippen LogP) is 2.80. The van der Waals surface area contributed by atoms with Crippen molar-refractivity contribution in [3.05, 3.63) is 41.7 Å². The van der Waals surface area contributed by atoms with E-state index in [2.05, 4.69) is 10.4 Å². The summed E-state index contributed by atoms with van der Waals surface area (Å²) in [5.41, 5.74) is 1.62. The van der Waals surface area contributed by atoms with Crippen LogP contribution in [0.4, 0.5) is 0 Å². The molecule has 2 heterocycles. The van der Waals surface area contributed by atoms with E-state index in [0.717, 1.165) is 5.69 Å². The third kappa shape index (κ3) is 4.53. The first kappa shape index (κ1) is 21.5. The second-order valence-electron chi connectivity index (χ2n) is 8.66. The van der Waals surface area contributed by atoms with E-state index in [0.29, 0.717) is 37.3 Å². The van der Waals surface area contributed by atoms with Gasteiger partial charge in [0.1, 0.15) is 4.90 Å². The van der Waals surface area contributed by atoms with Crippen molar-refractivity contribution in [2.75, 3.05) is 13.1 Å². The van der Waals surface area contributed by atoms with E-state index in [9.17, 15) is 13.2 Å². The Labute approximate surface area is 173 Å². The Morgan fingerprint density at radius 2 is 1.69 bits per heavy atom. The fourth-order valence-electron chi connectivity index (χ4n) is 3.78. The number of sulfonamides is 1. The molecule has 0 spiro atoms. The number of aryl methyl sites for hydroxylation is 1. The lowest BCUT2D eigenvalue weighted by atomic mass is 9.96. The number of amides is 1. The lowest BCUT2D eigenvalue weighted by Gasteiger charge is -2.32. The highest BCUT2D eigenvalue weighted by Gasteiger charge is 2.36. The predicted molar refractivity (Wildman–Crippen MR) is 112 cm³/mol. The summed E-state index contributed by atoms with van der Waals surface area (Å²) in [4.78, 5) is 12.7. The summed E-state index contributed by atoms with van der Waals surface area (Å²) in [5, 5.41) is 7.47. The van der Waals surface area contributed by atoms with Crippen molar-refractivity contribution in [3.63, 3.8) is 0 Å². The zero-order chi connectivity index (χ0) is 21.4. The zero-order valence-electron chi connectivity index (χ0n) is 17.8. The number of hydrogen-bond donors (Lipinski definition) is 1. The van der Waals surface area contributed by atoms with Gasteiger partial charge in [0, 0.05) is 24.5 Å². The molecule has 8 heteroatoms. The number of para-hydroxylation sites is 1. The Hall–Kier alpha value is -2.19. The third-order valence-corrected chi connectivity index (χ3v) is 7.30. The maximum atomic E-state index is 13.4. The van der Waals surface area contributed by atoms with Gasteiger partial charge in [-0.25, -0.2) is 13.1 Å². The van der Waals surface area contributed by atoms with Crippen LogP contribution in [-0.2, 0) is 14.8 Å². The van der Waals surface area contributed by atoms with Gasteiger partial charge in [0.25, 0.3) is 0 Å². The molecule has 0 unspecified atom stereocenters. The average molecular weight is 419 g/mol. The van der Waals surface area contributed by atoms with Gasteiger partial charge in [0.15, 0.2) is 0 Å². The van der Waals surface area contributed by atoms with E-state index >= 15 is 0 Å². The summed E-state index contributed by atoms with van der Waals surface area (Å²) < 4.78 is 29.9. The van der Waals surface area contributed by atoms with Crippen LogP contribution in [0.5, 0.6) is 0 Å². The van der Waals surface area contributed by atoms with Gasteiger partial charge in [0.05, 0.1) is 17.1 Å². The molecule has 1 aromatic heterocycles. The number of nitrogens with zero attached hydrogens (tertiary/aromatic N) is 3. The number of carbonyl (C=O) groups is 1. The Morgan fingerprint density at radius 1 is 1.10 bits per heavy atom. The first-order valence-corrected chi connectivity index (χ1v) is 11.4. The van der Waals surface area contributed by atoms with Gasteiger partial charge in [-0.2, -0.15) is 9.40 Å². The molecule has 1 amide bonds. The van der Waals surface area contributed by atoms with Crippen molar-refractivity contribution in [1.82, 2.24) is 19.4 Å². The van der Waals surface area contributed by atoms with Crippen molar-refractivity contribution in [2.24, 2.45) is 5.92 Å². The van der Waals surface area contributed by atoms with Crippen LogP contribution in [0.3, 0.4) is 0 Å². The monoisotopic (exact) mass is 418 g/mol. The van der Waals surface area contributed by atoms with Crippen LogP contribution in [0, 0.1) is 19.8 Å². The van der Waals surface area contributed by atoms with Gasteiger partial charge in [0.2, 0.25) is 15.9 Å². The largest absolute Gasteiger partial charge is 0.351 e. The normalized spacial score (nSPS) is 16.7. The van der Waals surface area contributed by atoms with Gasteiger partial charge in [-0.3, -0.25) is 4.79 Å². The number of benzene rings is 1. The number of piperidine rings is 1. The van der Waals surface area contributed by atoms with Crippen LogP contribution in [-0.4, -0.2) is 47.0 Å². The molecule has 3 rings (SSSR count). The van der Waals surface area contributed by atoms with Crippen molar-refractivity contribution in [1.29, 1.82) is 0 Å². The molecule has 1 aliphatic rings. The molecule has 0 atom stereocenters. The minimum absolute atomic E-state index is 0.00111. The quantitative estimate of drug-likeness (QED) is 0.827. The maximum absolute atomic E-state index is 13.4. The maximum Gasteiger partial charge on any atom is 0.246 e. The van der Waals surface area contributed by atoms with E-state index in [-0.39, 0.29) is 22.3 Å². The highest BCUT2D eigenvalue weighted by molar-refractivity contribution is 7.89. The van der Waals surface area contributed by atoms with Crippen LogP contribution < -0.4 is 5.32 Å². The molecule has 1 saturated heterocycles. The number of aromatic nitrogens is 2. The number of carbonyl (C=O) groups excluding carboxylic acids is 1. The lowest BCUT2D eigenvalue weighted by Crippen LogP contribution is -2.47. The van der Waals surface area contributed by atoms with E-state index in [1.165, 1.54) is 4.31 Å². The molecule has 2 aromatic rings. The van der Waals surface area contributed by atoms with E-state index in [1.54, 1.807) is 18.5 Å². The van der Waals surface area contributed by atoms with Crippen molar-refractivity contribution in [2.45, 2.75) is 57.9 Å². The van der Waals surface area contributed by atoms with E-state index in [1.807, 2.05) is 51.1 Å². The first-order valence-electron chi connectivity index (χ1n) is 9.94. The first-order chi connectivity index (χ1) is 13.5. The van der Waals surface area contributed by atoms with Crippen molar-refractivity contribution < 1.29 is 13.2 Å². The molecule has 0 bridgehead atoms. The molecular formula is C21H30N4O3S. The molecule has 0 radical (unpaired) electrons. The summed E-state index contributed by atoms with van der Waals surface area (Å²) in [6.45, 7) is 10.0. The molecule has 0 saturated carbocycles. The Kier molecular flexibility index (Phi) is 5.87.